The number of nitrogens with one attached hydrogen (secondary N) is 1. The zero-order chi connectivity index (χ0) is 17.3. The smallest absolute Gasteiger partial charge is 0.223 e. The number of aromatic nitrogens is 2. The van der Waals surface area contributed by atoms with Gasteiger partial charge in [-0.25, -0.2) is 0 Å². The Hall–Kier alpha value is -1.08. The third-order valence-corrected chi connectivity index (χ3v) is 6.49. The van der Waals surface area contributed by atoms with Crippen molar-refractivity contribution in [2.24, 2.45) is 12.5 Å². The number of rotatable bonds is 6. The molecule has 1 atom stereocenters. The number of aryl methyl sites for hydroxylation is 2. The van der Waals surface area contributed by atoms with Crippen LogP contribution >= 0.6 is 36.2 Å². The molecule has 1 N–H and O–H groups in total. The van der Waals surface area contributed by atoms with Crippen LogP contribution in [0.15, 0.2) is 29.2 Å². The maximum atomic E-state index is 13.0. The van der Waals surface area contributed by atoms with E-state index in [1.165, 1.54) is 24.8 Å². The van der Waals surface area contributed by atoms with Crippen molar-refractivity contribution < 1.29 is 4.79 Å². The van der Waals surface area contributed by atoms with Crippen LogP contribution in [-0.2, 0) is 24.8 Å². The number of hydrogen-bond acceptors (Lipinski definition) is 4. The van der Waals surface area contributed by atoms with Crippen molar-refractivity contribution >= 4 is 42.1 Å². The van der Waals surface area contributed by atoms with Crippen molar-refractivity contribution in [2.75, 3.05) is 13.1 Å². The van der Waals surface area contributed by atoms with Crippen molar-refractivity contribution in [1.82, 2.24) is 20.0 Å². The van der Waals surface area contributed by atoms with Crippen LogP contribution in [0.4, 0.5) is 0 Å². The number of nitrogens with zero attached hydrogens (tertiary/aromatic N) is 3. The first-order valence-electron chi connectivity index (χ1n) is 9.15. The van der Waals surface area contributed by atoms with Gasteiger partial charge in [-0.2, -0.15) is 16.4 Å². The molecule has 0 aromatic carbocycles. The summed E-state index contributed by atoms with van der Waals surface area (Å²) in [6.45, 7) is 2.94. The summed E-state index contributed by atoms with van der Waals surface area (Å²) in [5, 5.41) is 11.9. The predicted octanol–water partition coefficient (Wildman–Crippen LogP) is 3.43. The maximum Gasteiger partial charge on any atom is 0.223 e. The third-order valence-electron chi connectivity index (χ3n) is 5.76. The summed E-state index contributed by atoms with van der Waals surface area (Å²) in [4.78, 5) is 15.2. The summed E-state index contributed by atoms with van der Waals surface area (Å²) in [6.07, 6.45) is 8.79. The van der Waals surface area contributed by atoms with E-state index in [-0.39, 0.29) is 30.7 Å². The zero-order valence-corrected chi connectivity index (χ0v) is 18.0. The molecule has 8 heteroatoms. The Kier molecular flexibility index (Phi) is 7.74. The highest BCUT2D eigenvalue weighted by Gasteiger charge is 2.57. The molecule has 1 spiro atoms. The van der Waals surface area contributed by atoms with Crippen molar-refractivity contribution in [2.45, 2.75) is 44.7 Å². The minimum atomic E-state index is 0. The van der Waals surface area contributed by atoms with E-state index in [9.17, 15) is 4.79 Å². The summed E-state index contributed by atoms with van der Waals surface area (Å²) >= 11 is 1.71. The highest BCUT2D eigenvalue weighted by atomic mass is 35.5. The van der Waals surface area contributed by atoms with Gasteiger partial charge in [0.05, 0.1) is 6.20 Å². The Morgan fingerprint density at radius 2 is 2.15 bits per heavy atom. The Balaban J connectivity index is 0.00000131. The maximum absolute atomic E-state index is 13.0. The van der Waals surface area contributed by atoms with E-state index >= 15 is 0 Å². The van der Waals surface area contributed by atoms with Gasteiger partial charge in [0.15, 0.2) is 0 Å². The van der Waals surface area contributed by atoms with E-state index in [1.807, 2.05) is 19.4 Å². The molecule has 4 rings (SSSR count). The van der Waals surface area contributed by atoms with Crippen LogP contribution in [0.5, 0.6) is 0 Å². The molecule has 3 heterocycles. The van der Waals surface area contributed by atoms with Gasteiger partial charge in [-0.3, -0.25) is 9.48 Å². The topological polar surface area (TPSA) is 50.2 Å². The Bertz CT molecular complexity index is 728. The molecular formula is C19H28Cl2N4OS. The molecule has 1 saturated heterocycles. The monoisotopic (exact) mass is 430 g/mol. The van der Waals surface area contributed by atoms with E-state index in [1.54, 1.807) is 16.0 Å². The Morgan fingerprint density at radius 3 is 2.78 bits per heavy atom. The lowest BCUT2D eigenvalue weighted by Gasteiger charge is -2.29. The van der Waals surface area contributed by atoms with Gasteiger partial charge in [0.2, 0.25) is 5.91 Å². The lowest BCUT2D eigenvalue weighted by Crippen LogP contribution is -2.39. The number of piperidine rings is 1. The van der Waals surface area contributed by atoms with E-state index in [0.29, 0.717) is 17.9 Å². The van der Waals surface area contributed by atoms with Crippen LogP contribution in [0.3, 0.4) is 0 Å². The minimum absolute atomic E-state index is 0. The minimum Gasteiger partial charge on any atom is -0.335 e. The molecule has 0 radical (unpaired) electrons. The number of carbonyl (C=O) groups is 1. The standard InChI is InChI=1S/C19H26N4OS.2ClH/c1-22-12-15(11-21-22)2-3-18(24)23(13-16-4-9-25-14-16)17-10-19(17)5-7-20-8-6-19;;/h4,9,11-12,14,17,20H,2-3,5-8,10,13H2,1H3;2*1H. The van der Waals surface area contributed by atoms with Gasteiger partial charge in [-0.05, 0) is 72.1 Å². The van der Waals surface area contributed by atoms with E-state index in [0.717, 1.165) is 31.6 Å². The number of halogens is 2. The van der Waals surface area contributed by atoms with Crippen molar-refractivity contribution in [3.05, 3.63) is 40.3 Å². The van der Waals surface area contributed by atoms with Gasteiger partial charge < -0.3 is 10.2 Å². The predicted molar refractivity (Wildman–Crippen MR) is 114 cm³/mol. The van der Waals surface area contributed by atoms with E-state index in [2.05, 4.69) is 32.1 Å². The third kappa shape index (κ3) is 5.05. The van der Waals surface area contributed by atoms with Crippen LogP contribution in [0.2, 0.25) is 0 Å². The SMILES string of the molecule is Cl.Cl.Cn1cc(CCC(=O)N(Cc2ccsc2)C2CC23CCNCC3)cn1. The molecule has 1 aliphatic heterocycles. The molecule has 5 nitrogen and oxygen atoms in total. The first-order chi connectivity index (χ1) is 12.2. The molecule has 150 valence electrons. The van der Waals surface area contributed by atoms with E-state index < -0.39 is 0 Å². The van der Waals surface area contributed by atoms with Crippen molar-refractivity contribution in [3.8, 4) is 0 Å². The normalized spacial score (nSPS) is 19.8. The van der Waals surface area contributed by atoms with Gasteiger partial charge in [0, 0.05) is 32.3 Å². The molecular weight excluding hydrogens is 403 g/mol. The molecule has 1 amide bonds. The van der Waals surface area contributed by atoms with Gasteiger partial charge in [-0.1, -0.05) is 0 Å². The van der Waals surface area contributed by atoms with Gasteiger partial charge >= 0.3 is 0 Å². The fourth-order valence-electron chi connectivity index (χ4n) is 4.18. The molecule has 1 aliphatic carbocycles. The first kappa shape index (κ1) is 22.2. The molecule has 27 heavy (non-hydrogen) atoms. The first-order valence-corrected chi connectivity index (χ1v) is 10.1. The summed E-state index contributed by atoms with van der Waals surface area (Å²) in [5.41, 5.74) is 2.78. The van der Waals surface area contributed by atoms with Gasteiger partial charge in [-0.15, -0.1) is 24.8 Å². The lowest BCUT2D eigenvalue weighted by molar-refractivity contribution is -0.133. The van der Waals surface area contributed by atoms with Gasteiger partial charge in [0.1, 0.15) is 0 Å². The Labute approximate surface area is 177 Å². The number of thiophene rings is 1. The summed E-state index contributed by atoms with van der Waals surface area (Å²) in [7, 11) is 1.92. The molecule has 2 fully saturated rings. The summed E-state index contributed by atoms with van der Waals surface area (Å²) in [5.74, 6) is 0.287. The van der Waals surface area contributed by atoms with Crippen molar-refractivity contribution in [1.29, 1.82) is 0 Å². The second-order valence-electron chi connectivity index (χ2n) is 7.51. The second-order valence-corrected chi connectivity index (χ2v) is 8.29. The molecule has 1 unspecified atom stereocenters. The van der Waals surface area contributed by atoms with E-state index in [4.69, 9.17) is 0 Å². The summed E-state index contributed by atoms with van der Waals surface area (Å²) in [6, 6.07) is 2.57. The number of carbonyl (C=O) groups excluding carboxylic acids is 1. The molecule has 2 aromatic rings. The van der Waals surface area contributed by atoms with Crippen LogP contribution in [0.1, 0.15) is 36.8 Å². The average Bonchev–Trinajstić information content (AvgIpc) is 2.99. The van der Waals surface area contributed by atoms with Crippen LogP contribution in [0.25, 0.3) is 0 Å². The molecule has 2 aromatic heterocycles. The highest BCUT2D eigenvalue weighted by molar-refractivity contribution is 7.07. The van der Waals surface area contributed by atoms with Crippen LogP contribution in [-0.4, -0.2) is 39.7 Å². The summed E-state index contributed by atoms with van der Waals surface area (Å²) < 4.78 is 1.80. The second kappa shape index (κ2) is 9.41. The number of amides is 1. The Morgan fingerprint density at radius 1 is 1.37 bits per heavy atom. The zero-order valence-electron chi connectivity index (χ0n) is 15.6. The molecule has 1 saturated carbocycles. The molecule has 2 aliphatic rings. The number of hydrogen-bond donors (Lipinski definition) is 1. The highest BCUT2D eigenvalue weighted by Crippen LogP contribution is 2.56. The van der Waals surface area contributed by atoms with Crippen LogP contribution in [0, 0.1) is 5.41 Å². The lowest BCUT2D eigenvalue weighted by atomic mass is 9.93. The fraction of sp³-hybridized carbons (Fsp3) is 0.579. The largest absolute Gasteiger partial charge is 0.335 e. The van der Waals surface area contributed by atoms with Gasteiger partial charge in [0.25, 0.3) is 0 Å². The fourth-order valence-corrected chi connectivity index (χ4v) is 4.84. The van der Waals surface area contributed by atoms with Crippen LogP contribution < -0.4 is 5.32 Å². The quantitative estimate of drug-likeness (QED) is 0.763. The van der Waals surface area contributed by atoms with Crippen molar-refractivity contribution in [3.63, 3.8) is 0 Å². The average molecular weight is 431 g/mol. The molecule has 0 bridgehead atoms.